The molecule has 0 bridgehead atoms. The Balaban J connectivity index is 1.60. The maximum atomic E-state index is 12.7. The molecule has 0 aliphatic carbocycles. The van der Waals surface area contributed by atoms with Crippen LogP contribution in [0.4, 0.5) is 0 Å². The fourth-order valence-electron chi connectivity index (χ4n) is 3.86. The normalized spacial score (nSPS) is 29.2. The summed E-state index contributed by atoms with van der Waals surface area (Å²) in [6.07, 6.45) is -8.30. The number of carbonyl (C=O) groups excluding carboxylic acids is 1. The summed E-state index contributed by atoms with van der Waals surface area (Å²) >= 11 is 0. The first kappa shape index (κ1) is 23.1. The lowest BCUT2D eigenvalue weighted by atomic mass is 9.95. The van der Waals surface area contributed by atoms with Gasteiger partial charge in [-0.2, -0.15) is 0 Å². The molecule has 0 radical (unpaired) electrons. The Bertz CT molecular complexity index is 1040. The van der Waals surface area contributed by atoms with Crippen molar-refractivity contribution in [2.24, 2.45) is 0 Å². The van der Waals surface area contributed by atoms with Crippen molar-refractivity contribution in [1.29, 1.82) is 0 Å². The molecule has 6 atom stereocenters. The summed E-state index contributed by atoms with van der Waals surface area (Å²) in [5.74, 6) is -0.701. The zero-order chi connectivity index (χ0) is 23.9. The van der Waals surface area contributed by atoms with Gasteiger partial charge >= 0.3 is 0 Å². The fraction of sp³-hybridized carbons (Fsp3) is 0.409. The first-order valence-electron chi connectivity index (χ1n) is 10.1. The number of Topliss-reactive ketones (excluding diaryl/α,β-unsaturated/α-hetero) is 1. The number of benzene rings is 2. The third kappa shape index (κ3) is 4.28. The summed E-state index contributed by atoms with van der Waals surface area (Å²) in [6, 6.07) is 6.97. The lowest BCUT2D eigenvalue weighted by molar-refractivity contribution is -0.277. The smallest absolute Gasteiger partial charge is 0.229 e. The molecule has 1 fully saturated rings. The SMILES string of the molecule is COc1cc(C2CC(=O)c3c(O)cc(OC4OC(CO)C(O)C(O)C4O)cc3O2)ccc1O. The molecule has 4 rings (SSSR count). The minimum absolute atomic E-state index is 0.0166. The van der Waals surface area contributed by atoms with E-state index >= 15 is 0 Å². The summed E-state index contributed by atoms with van der Waals surface area (Å²) in [6.45, 7) is -0.629. The maximum Gasteiger partial charge on any atom is 0.229 e. The molecule has 178 valence electrons. The first-order chi connectivity index (χ1) is 15.7. The number of hydrogen-bond acceptors (Lipinski definition) is 11. The molecule has 2 aliphatic rings. The number of ether oxygens (including phenoxy) is 4. The second kappa shape index (κ2) is 9.04. The summed E-state index contributed by atoms with van der Waals surface area (Å²) in [5, 5.41) is 59.5. The number of rotatable bonds is 5. The van der Waals surface area contributed by atoms with Crippen LogP contribution in [0.3, 0.4) is 0 Å². The van der Waals surface area contributed by atoms with Crippen molar-refractivity contribution < 1.29 is 54.4 Å². The molecule has 0 saturated carbocycles. The highest BCUT2D eigenvalue weighted by atomic mass is 16.7. The molecular weight excluding hydrogens is 440 g/mol. The van der Waals surface area contributed by atoms with E-state index in [-0.39, 0.29) is 40.8 Å². The quantitative estimate of drug-likeness (QED) is 0.351. The number of aliphatic hydroxyl groups is 4. The molecule has 11 nitrogen and oxygen atoms in total. The Morgan fingerprint density at radius 2 is 1.79 bits per heavy atom. The highest BCUT2D eigenvalue weighted by molar-refractivity contribution is 6.02. The minimum Gasteiger partial charge on any atom is -0.507 e. The van der Waals surface area contributed by atoms with Crippen LogP contribution in [-0.2, 0) is 4.74 Å². The van der Waals surface area contributed by atoms with E-state index in [1.807, 2.05) is 0 Å². The van der Waals surface area contributed by atoms with Crippen LogP contribution in [-0.4, -0.2) is 80.8 Å². The van der Waals surface area contributed by atoms with E-state index in [9.17, 15) is 35.4 Å². The summed E-state index contributed by atoms with van der Waals surface area (Å²) in [7, 11) is 1.39. The third-order valence-electron chi connectivity index (χ3n) is 5.65. The summed E-state index contributed by atoms with van der Waals surface area (Å²) in [5.41, 5.74) is 0.515. The van der Waals surface area contributed by atoms with Crippen molar-refractivity contribution in [1.82, 2.24) is 0 Å². The van der Waals surface area contributed by atoms with Crippen LogP contribution in [0.2, 0.25) is 0 Å². The predicted molar refractivity (Wildman–Crippen MR) is 109 cm³/mol. The summed E-state index contributed by atoms with van der Waals surface area (Å²) < 4.78 is 21.9. The van der Waals surface area contributed by atoms with Crippen molar-refractivity contribution in [3.05, 3.63) is 41.5 Å². The molecule has 11 heteroatoms. The van der Waals surface area contributed by atoms with E-state index in [1.54, 1.807) is 6.07 Å². The molecule has 0 aromatic heterocycles. The maximum absolute atomic E-state index is 12.7. The second-order valence-electron chi connectivity index (χ2n) is 7.80. The van der Waals surface area contributed by atoms with E-state index in [0.717, 1.165) is 6.07 Å². The number of phenolic OH excluding ortho intramolecular Hbond substituents is 2. The Morgan fingerprint density at radius 3 is 2.48 bits per heavy atom. The van der Waals surface area contributed by atoms with Gasteiger partial charge in [0.1, 0.15) is 53.3 Å². The number of methoxy groups -OCH3 is 1. The lowest BCUT2D eigenvalue weighted by Crippen LogP contribution is -2.60. The Morgan fingerprint density at radius 1 is 1.03 bits per heavy atom. The zero-order valence-corrected chi connectivity index (χ0v) is 17.5. The Kier molecular flexibility index (Phi) is 6.32. The van der Waals surface area contributed by atoms with Gasteiger partial charge in [0.15, 0.2) is 17.3 Å². The molecule has 2 aromatic rings. The van der Waals surface area contributed by atoms with Gasteiger partial charge in [-0.25, -0.2) is 0 Å². The number of carbonyl (C=O) groups is 1. The van der Waals surface area contributed by atoms with Gasteiger partial charge in [0, 0.05) is 12.1 Å². The minimum atomic E-state index is -1.65. The predicted octanol–water partition coefficient (Wildman–Crippen LogP) is -0.00840. The molecule has 6 unspecified atom stereocenters. The van der Waals surface area contributed by atoms with Crippen LogP contribution in [0, 0.1) is 0 Å². The first-order valence-corrected chi connectivity index (χ1v) is 10.1. The van der Waals surface area contributed by atoms with Crippen molar-refractivity contribution in [2.75, 3.05) is 13.7 Å². The molecule has 2 aromatic carbocycles. The average molecular weight is 464 g/mol. The third-order valence-corrected chi connectivity index (χ3v) is 5.65. The van der Waals surface area contributed by atoms with Crippen LogP contribution in [0.5, 0.6) is 28.7 Å². The molecule has 2 aliphatic heterocycles. The van der Waals surface area contributed by atoms with Crippen molar-refractivity contribution in [2.45, 2.75) is 43.2 Å². The van der Waals surface area contributed by atoms with Crippen LogP contribution < -0.4 is 14.2 Å². The van der Waals surface area contributed by atoms with Gasteiger partial charge in [-0.15, -0.1) is 0 Å². The van der Waals surface area contributed by atoms with Gasteiger partial charge in [0.25, 0.3) is 0 Å². The number of ketones is 1. The van der Waals surface area contributed by atoms with Gasteiger partial charge in [0.05, 0.1) is 20.1 Å². The molecule has 33 heavy (non-hydrogen) atoms. The average Bonchev–Trinajstić information content (AvgIpc) is 2.79. The van der Waals surface area contributed by atoms with Gasteiger partial charge in [-0.1, -0.05) is 6.07 Å². The van der Waals surface area contributed by atoms with Crippen LogP contribution in [0.1, 0.15) is 28.4 Å². The monoisotopic (exact) mass is 464 g/mol. The van der Waals surface area contributed by atoms with E-state index < -0.39 is 49.2 Å². The van der Waals surface area contributed by atoms with Gasteiger partial charge < -0.3 is 49.6 Å². The standard InChI is InChI=1S/C22H24O11/c1-30-15-4-9(2-3-11(15)24)14-7-13(26)18-12(25)5-10(6-16(18)32-14)31-22-21(29)20(28)19(27)17(8-23)33-22/h2-6,14,17,19-25,27-29H,7-8H2,1H3. The van der Waals surface area contributed by atoms with E-state index in [1.165, 1.54) is 25.3 Å². The lowest BCUT2D eigenvalue weighted by Gasteiger charge is -2.39. The summed E-state index contributed by atoms with van der Waals surface area (Å²) in [4.78, 5) is 12.7. The van der Waals surface area contributed by atoms with Crippen LogP contribution in [0.15, 0.2) is 30.3 Å². The zero-order valence-electron chi connectivity index (χ0n) is 17.5. The topological polar surface area (TPSA) is 175 Å². The van der Waals surface area contributed by atoms with Gasteiger partial charge in [-0.05, 0) is 17.7 Å². The molecule has 0 spiro atoms. The molecular formula is C22H24O11. The molecule has 2 heterocycles. The van der Waals surface area contributed by atoms with Gasteiger partial charge in [0.2, 0.25) is 6.29 Å². The van der Waals surface area contributed by atoms with E-state index in [0.29, 0.717) is 5.56 Å². The van der Waals surface area contributed by atoms with Crippen molar-refractivity contribution in [3.8, 4) is 28.7 Å². The number of phenols is 2. The van der Waals surface area contributed by atoms with E-state index in [2.05, 4.69) is 0 Å². The van der Waals surface area contributed by atoms with E-state index in [4.69, 9.17) is 18.9 Å². The van der Waals surface area contributed by atoms with Crippen LogP contribution >= 0.6 is 0 Å². The molecule has 6 N–H and O–H groups in total. The Labute approximate surface area is 188 Å². The second-order valence-corrected chi connectivity index (χ2v) is 7.80. The highest BCUT2D eigenvalue weighted by Gasteiger charge is 2.45. The number of fused-ring (bicyclic) bond motifs is 1. The molecule has 1 saturated heterocycles. The number of hydrogen-bond donors (Lipinski definition) is 6. The fourth-order valence-corrected chi connectivity index (χ4v) is 3.86. The molecule has 0 amide bonds. The van der Waals surface area contributed by atoms with Crippen LogP contribution in [0.25, 0.3) is 0 Å². The van der Waals surface area contributed by atoms with Crippen molar-refractivity contribution in [3.63, 3.8) is 0 Å². The number of aromatic hydroxyl groups is 2. The highest BCUT2D eigenvalue weighted by Crippen LogP contribution is 2.43. The number of aliphatic hydroxyl groups excluding tert-OH is 4. The van der Waals surface area contributed by atoms with Crippen molar-refractivity contribution >= 4 is 5.78 Å². The van der Waals surface area contributed by atoms with Gasteiger partial charge in [-0.3, -0.25) is 4.79 Å². The Hall–Kier alpha value is -3.09. The largest absolute Gasteiger partial charge is 0.507 e.